The number of nitrogens with zero attached hydrogens (tertiary/aromatic N) is 4. The van der Waals surface area contributed by atoms with Gasteiger partial charge in [-0.1, -0.05) is 23.2 Å². The monoisotopic (exact) mass is 471 g/mol. The predicted molar refractivity (Wildman–Crippen MR) is 123 cm³/mol. The molecule has 3 aromatic heterocycles. The Labute approximate surface area is 194 Å². The van der Waals surface area contributed by atoms with Gasteiger partial charge in [0.15, 0.2) is 5.65 Å². The number of imidazole rings is 1. The van der Waals surface area contributed by atoms with Gasteiger partial charge in [0.05, 0.1) is 40.1 Å². The van der Waals surface area contributed by atoms with Gasteiger partial charge in [-0.25, -0.2) is 9.97 Å². The van der Waals surface area contributed by atoms with Crippen molar-refractivity contribution in [2.75, 3.05) is 18.6 Å². The highest BCUT2D eigenvalue weighted by Crippen LogP contribution is 2.31. The number of aromatic nitrogens is 3. The van der Waals surface area contributed by atoms with Crippen LogP contribution in [0.3, 0.4) is 0 Å². The van der Waals surface area contributed by atoms with Gasteiger partial charge in [-0.3, -0.25) is 4.79 Å². The smallest absolute Gasteiger partial charge is 0.236 e. The summed E-state index contributed by atoms with van der Waals surface area (Å²) in [5, 5.41) is 0.758. The van der Waals surface area contributed by atoms with Crippen molar-refractivity contribution in [3.8, 4) is 17.0 Å². The summed E-state index contributed by atoms with van der Waals surface area (Å²) in [4.78, 5) is 22.6. The molecular formula is C23H19Cl2FN4O2. The van der Waals surface area contributed by atoms with Crippen LogP contribution in [-0.2, 0) is 11.2 Å². The van der Waals surface area contributed by atoms with Crippen LogP contribution < -0.4 is 9.64 Å². The highest BCUT2D eigenvalue weighted by atomic mass is 35.5. The summed E-state index contributed by atoms with van der Waals surface area (Å²) >= 11 is 12.6. The fraction of sp³-hybridized carbons (Fsp3) is 0.174. The lowest BCUT2D eigenvalue weighted by Gasteiger charge is -2.17. The number of likely N-dealkylation sites (N-methyl/N-ethyl adjacent to an activating group) is 1. The minimum absolute atomic E-state index is 0.0643. The minimum Gasteiger partial charge on any atom is -0.494 e. The molecule has 0 atom stereocenters. The number of amides is 1. The molecule has 0 saturated carbocycles. The summed E-state index contributed by atoms with van der Waals surface area (Å²) in [6.07, 6.45) is 2.92. The number of carbonyl (C=O) groups excluding carboxylic acids is 1. The van der Waals surface area contributed by atoms with E-state index in [2.05, 4.69) is 9.97 Å². The largest absolute Gasteiger partial charge is 0.494 e. The molecule has 6 nitrogen and oxygen atoms in total. The van der Waals surface area contributed by atoms with E-state index in [0.717, 1.165) is 11.3 Å². The summed E-state index contributed by atoms with van der Waals surface area (Å²) in [6.45, 7) is 2.46. The topological polar surface area (TPSA) is 59.7 Å². The SMILES string of the molecule is CCOc1ccc(-c2nc3c(Cl)cc(Cl)cn3c2CC(=O)N(C)c2cccnc2[18F])cc1. The fourth-order valence-corrected chi connectivity index (χ4v) is 3.93. The van der Waals surface area contributed by atoms with E-state index >= 15 is 0 Å². The lowest BCUT2D eigenvalue weighted by molar-refractivity contribution is -0.117. The van der Waals surface area contributed by atoms with E-state index < -0.39 is 5.95 Å². The second-order valence-electron chi connectivity index (χ2n) is 7.01. The molecule has 0 N–H and O–H groups in total. The Morgan fingerprint density at radius 1 is 1.22 bits per heavy atom. The Balaban J connectivity index is 1.79. The van der Waals surface area contributed by atoms with E-state index in [1.165, 1.54) is 24.2 Å². The van der Waals surface area contributed by atoms with E-state index in [4.69, 9.17) is 27.9 Å². The quantitative estimate of drug-likeness (QED) is 0.351. The highest BCUT2D eigenvalue weighted by molar-refractivity contribution is 6.36. The standard InChI is InChI=1S/C23H19Cl2FN4O2/c1-3-32-16-8-6-14(7-9-16)21-19(30-13-15(24)11-17(25)23(30)28-21)12-20(31)29(2)18-5-4-10-27-22(18)26/h4-11,13H,3,12H2,1-2H3/i26-1. The van der Waals surface area contributed by atoms with E-state index in [1.54, 1.807) is 22.7 Å². The minimum atomic E-state index is -0.723. The molecule has 4 aromatic rings. The zero-order chi connectivity index (χ0) is 22.8. The van der Waals surface area contributed by atoms with Crippen LogP contribution in [0.1, 0.15) is 12.6 Å². The number of rotatable bonds is 6. The number of pyridine rings is 2. The van der Waals surface area contributed by atoms with Gasteiger partial charge in [-0.05, 0) is 49.4 Å². The molecule has 0 radical (unpaired) electrons. The molecule has 3 heterocycles. The third-order valence-electron chi connectivity index (χ3n) is 4.97. The Kier molecular flexibility index (Phi) is 6.30. The third-order valence-corrected chi connectivity index (χ3v) is 5.46. The van der Waals surface area contributed by atoms with Gasteiger partial charge in [0.1, 0.15) is 5.75 Å². The number of benzene rings is 1. The van der Waals surface area contributed by atoms with Gasteiger partial charge in [-0.2, -0.15) is 4.39 Å². The average Bonchev–Trinajstić information content (AvgIpc) is 3.13. The maximum atomic E-state index is 14.1. The lowest BCUT2D eigenvalue weighted by Crippen LogP contribution is -2.29. The van der Waals surface area contributed by atoms with Crippen molar-refractivity contribution in [3.05, 3.63) is 76.5 Å². The first-order chi connectivity index (χ1) is 15.4. The van der Waals surface area contributed by atoms with Crippen molar-refractivity contribution < 1.29 is 13.9 Å². The van der Waals surface area contributed by atoms with Gasteiger partial charge >= 0.3 is 0 Å². The summed E-state index contributed by atoms with van der Waals surface area (Å²) in [7, 11) is 1.50. The molecule has 1 amide bonds. The number of hydrogen-bond donors (Lipinski definition) is 0. The molecule has 0 aliphatic carbocycles. The van der Waals surface area contributed by atoms with E-state index in [0.29, 0.717) is 33.7 Å². The second kappa shape index (κ2) is 9.14. The molecule has 1 aromatic carbocycles. The maximum absolute atomic E-state index is 14.1. The lowest BCUT2D eigenvalue weighted by atomic mass is 10.1. The van der Waals surface area contributed by atoms with Gasteiger partial charge in [0, 0.05) is 25.0 Å². The molecule has 0 aliphatic rings. The van der Waals surface area contributed by atoms with E-state index in [-0.39, 0.29) is 18.0 Å². The number of halogens is 3. The number of carbonyl (C=O) groups is 1. The van der Waals surface area contributed by atoms with Crippen molar-refractivity contribution in [2.45, 2.75) is 13.3 Å². The number of ether oxygens (including phenoxy) is 1. The van der Waals surface area contributed by atoms with E-state index in [9.17, 15) is 9.18 Å². The van der Waals surface area contributed by atoms with Crippen molar-refractivity contribution in [1.29, 1.82) is 0 Å². The third kappa shape index (κ3) is 4.26. The number of fused-ring (bicyclic) bond motifs is 1. The molecule has 0 bridgehead atoms. The Morgan fingerprint density at radius 2 is 1.97 bits per heavy atom. The van der Waals surface area contributed by atoms with Gasteiger partial charge in [-0.15, -0.1) is 0 Å². The first-order valence-electron chi connectivity index (χ1n) is 9.85. The highest BCUT2D eigenvalue weighted by Gasteiger charge is 2.23. The molecule has 0 spiro atoms. The van der Waals surface area contributed by atoms with Crippen LogP contribution in [-0.4, -0.2) is 33.9 Å². The molecule has 0 fully saturated rings. The van der Waals surface area contributed by atoms with Gasteiger partial charge < -0.3 is 14.0 Å². The Hall–Kier alpha value is -3.16. The van der Waals surface area contributed by atoms with Crippen LogP contribution in [0, 0.1) is 5.95 Å². The molecule has 9 heteroatoms. The Morgan fingerprint density at radius 3 is 2.66 bits per heavy atom. The summed E-state index contributed by atoms with van der Waals surface area (Å²) in [5.74, 6) is -0.341. The van der Waals surface area contributed by atoms with Gasteiger partial charge in [0.2, 0.25) is 11.9 Å². The molecule has 32 heavy (non-hydrogen) atoms. The molecule has 0 saturated heterocycles. The molecule has 0 unspecified atom stereocenters. The molecular weight excluding hydrogens is 453 g/mol. The first kappa shape index (κ1) is 22.0. The average molecular weight is 472 g/mol. The summed E-state index contributed by atoms with van der Waals surface area (Å²) < 4.78 is 21.3. The van der Waals surface area contributed by atoms with Crippen LogP contribution in [0.2, 0.25) is 10.0 Å². The molecule has 0 aliphatic heterocycles. The van der Waals surface area contributed by atoms with Crippen molar-refractivity contribution in [1.82, 2.24) is 14.4 Å². The molecule has 164 valence electrons. The van der Waals surface area contributed by atoms with Crippen LogP contribution in [0.4, 0.5) is 10.1 Å². The number of anilines is 1. The molecule has 4 rings (SSSR count). The summed E-state index contributed by atoms with van der Waals surface area (Å²) in [5.41, 5.74) is 2.49. The van der Waals surface area contributed by atoms with Gasteiger partial charge in [0.25, 0.3) is 0 Å². The maximum Gasteiger partial charge on any atom is 0.236 e. The predicted octanol–water partition coefficient (Wildman–Crippen LogP) is 5.45. The zero-order valence-corrected chi connectivity index (χ0v) is 18.9. The van der Waals surface area contributed by atoms with Crippen LogP contribution in [0.5, 0.6) is 5.75 Å². The fourth-order valence-electron chi connectivity index (χ4n) is 3.42. The van der Waals surface area contributed by atoms with Crippen LogP contribution in [0.25, 0.3) is 16.9 Å². The van der Waals surface area contributed by atoms with Crippen LogP contribution in [0.15, 0.2) is 54.9 Å². The van der Waals surface area contributed by atoms with Crippen LogP contribution >= 0.6 is 23.2 Å². The van der Waals surface area contributed by atoms with E-state index in [1.807, 2.05) is 31.2 Å². The second-order valence-corrected chi connectivity index (χ2v) is 7.85. The first-order valence-corrected chi connectivity index (χ1v) is 10.6. The van der Waals surface area contributed by atoms with Crippen molar-refractivity contribution in [2.24, 2.45) is 0 Å². The zero-order valence-electron chi connectivity index (χ0n) is 17.3. The Bertz CT molecular complexity index is 1290. The van der Waals surface area contributed by atoms with Crippen molar-refractivity contribution in [3.63, 3.8) is 0 Å². The normalized spacial score (nSPS) is 11.0. The summed E-state index contributed by atoms with van der Waals surface area (Å²) in [6, 6.07) is 12.1. The van der Waals surface area contributed by atoms with Crippen molar-refractivity contribution >= 4 is 40.4 Å². The number of hydrogen-bond acceptors (Lipinski definition) is 4.